The molecule has 0 bridgehead atoms. The van der Waals surface area contributed by atoms with E-state index in [1.165, 1.54) is 16.3 Å². The summed E-state index contributed by atoms with van der Waals surface area (Å²) in [5.41, 5.74) is 8.38. The summed E-state index contributed by atoms with van der Waals surface area (Å²) in [6.45, 7) is 1.68. The van der Waals surface area contributed by atoms with Gasteiger partial charge in [0, 0.05) is 11.1 Å². The van der Waals surface area contributed by atoms with Crippen LogP contribution in [0.3, 0.4) is 0 Å². The highest BCUT2D eigenvalue weighted by molar-refractivity contribution is 7.98. The van der Waals surface area contributed by atoms with Gasteiger partial charge in [-0.15, -0.1) is 10.2 Å². The summed E-state index contributed by atoms with van der Waals surface area (Å²) < 4.78 is 7.60. The average molecular weight is 445 g/mol. The molecule has 0 aliphatic carbocycles. The van der Waals surface area contributed by atoms with Crippen LogP contribution in [0.25, 0.3) is 22.5 Å². The van der Waals surface area contributed by atoms with Gasteiger partial charge in [0.2, 0.25) is 17.7 Å². The molecule has 160 valence electrons. The molecule has 32 heavy (non-hydrogen) atoms. The number of benzene rings is 2. The number of aromatic nitrogens is 3. The molecule has 3 N–H and O–H groups in total. The summed E-state index contributed by atoms with van der Waals surface area (Å²) in [5, 5.41) is 21.1. The predicted molar refractivity (Wildman–Crippen MR) is 124 cm³/mol. The maximum Gasteiger partial charge on any atom is 0.249 e. The smallest absolute Gasteiger partial charge is 0.249 e. The molecular formula is C23H20N6O2S. The van der Waals surface area contributed by atoms with Crippen LogP contribution in [0, 0.1) is 11.3 Å². The lowest BCUT2D eigenvalue weighted by Crippen LogP contribution is -2.25. The fourth-order valence-corrected chi connectivity index (χ4v) is 3.99. The second-order valence-corrected chi connectivity index (χ2v) is 7.71. The average Bonchev–Trinajstić information content (AvgIpc) is 3.39. The van der Waals surface area contributed by atoms with Crippen LogP contribution in [0.1, 0.15) is 18.5 Å². The van der Waals surface area contributed by atoms with Crippen molar-refractivity contribution < 1.29 is 9.21 Å². The summed E-state index contributed by atoms with van der Waals surface area (Å²) in [6.07, 6.45) is 1.82. The van der Waals surface area contributed by atoms with Gasteiger partial charge in [-0.25, -0.2) is 0 Å². The first kappa shape index (κ1) is 21.2. The molecule has 4 rings (SSSR count). The van der Waals surface area contributed by atoms with E-state index in [-0.39, 0.29) is 17.4 Å². The summed E-state index contributed by atoms with van der Waals surface area (Å²) >= 11 is 1.33. The number of carbonyl (C=O) groups is 1. The minimum Gasteiger partial charge on any atom is -0.438 e. The van der Waals surface area contributed by atoms with Crippen LogP contribution in [-0.2, 0) is 4.79 Å². The van der Waals surface area contributed by atoms with Crippen molar-refractivity contribution in [3.63, 3.8) is 0 Å². The van der Waals surface area contributed by atoms with E-state index in [0.29, 0.717) is 16.5 Å². The molecule has 2 heterocycles. The van der Waals surface area contributed by atoms with E-state index in [2.05, 4.69) is 21.6 Å². The van der Waals surface area contributed by atoms with E-state index in [4.69, 9.17) is 10.2 Å². The Kier molecular flexibility index (Phi) is 5.96. The van der Waals surface area contributed by atoms with Gasteiger partial charge in [-0.1, -0.05) is 72.4 Å². The number of hydrogen-bond acceptors (Lipinski definition) is 7. The first-order chi connectivity index (χ1) is 15.5. The number of carbonyl (C=O) groups excluding carboxylic acids is 1. The molecule has 0 radical (unpaired) electrons. The number of nitrogens with zero attached hydrogens (tertiary/aromatic N) is 4. The molecule has 1 unspecified atom stereocenters. The minimum atomic E-state index is -0.718. The summed E-state index contributed by atoms with van der Waals surface area (Å²) in [7, 11) is 0. The van der Waals surface area contributed by atoms with E-state index < -0.39 is 11.9 Å². The van der Waals surface area contributed by atoms with Crippen molar-refractivity contribution in [3.05, 3.63) is 66.2 Å². The highest BCUT2D eigenvalue weighted by atomic mass is 32.2. The van der Waals surface area contributed by atoms with Gasteiger partial charge < -0.3 is 10.2 Å². The van der Waals surface area contributed by atoms with Crippen molar-refractivity contribution in [1.82, 2.24) is 14.8 Å². The van der Waals surface area contributed by atoms with E-state index >= 15 is 0 Å². The molecule has 9 heteroatoms. The van der Waals surface area contributed by atoms with Gasteiger partial charge in [0.25, 0.3) is 0 Å². The SMILES string of the molecule is CSc1nnc(N)n1C(C)C(=O)Nc1oc(-c2ccccc2)c(-c2ccccc2)c1C#N. The summed E-state index contributed by atoms with van der Waals surface area (Å²) in [6, 6.07) is 20.4. The van der Waals surface area contributed by atoms with Gasteiger partial charge in [-0.3, -0.25) is 14.7 Å². The maximum atomic E-state index is 13.1. The first-order valence-electron chi connectivity index (χ1n) is 9.78. The van der Waals surface area contributed by atoms with E-state index in [1.54, 1.807) is 6.92 Å². The lowest BCUT2D eigenvalue weighted by atomic mass is 9.98. The number of rotatable bonds is 6. The fraction of sp³-hybridized carbons (Fsp3) is 0.130. The number of hydrogen-bond donors (Lipinski definition) is 2. The van der Waals surface area contributed by atoms with Crippen molar-refractivity contribution >= 4 is 29.5 Å². The van der Waals surface area contributed by atoms with E-state index in [0.717, 1.165) is 11.1 Å². The predicted octanol–water partition coefficient (Wildman–Crippen LogP) is 4.58. The van der Waals surface area contributed by atoms with E-state index in [1.807, 2.05) is 66.9 Å². The second kappa shape index (κ2) is 8.99. The van der Waals surface area contributed by atoms with Gasteiger partial charge in [0.05, 0.1) is 0 Å². The van der Waals surface area contributed by atoms with Crippen LogP contribution in [-0.4, -0.2) is 26.9 Å². The number of thioether (sulfide) groups is 1. The zero-order valence-electron chi connectivity index (χ0n) is 17.4. The molecule has 0 aliphatic rings. The van der Waals surface area contributed by atoms with Crippen LogP contribution in [0.15, 0.2) is 70.2 Å². The minimum absolute atomic E-state index is 0.0828. The molecule has 2 aromatic heterocycles. The molecule has 0 saturated heterocycles. The third-order valence-corrected chi connectivity index (χ3v) is 5.64. The molecule has 0 fully saturated rings. The van der Waals surface area contributed by atoms with Crippen molar-refractivity contribution in [2.45, 2.75) is 18.1 Å². The topological polar surface area (TPSA) is 123 Å². The number of nitrogen functional groups attached to an aromatic ring is 1. The zero-order chi connectivity index (χ0) is 22.7. The Balaban J connectivity index is 1.78. The van der Waals surface area contributed by atoms with Crippen molar-refractivity contribution in [2.75, 3.05) is 17.3 Å². The van der Waals surface area contributed by atoms with Crippen molar-refractivity contribution in [3.8, 4) is 28.5 Å². The molecule has 0 saturated carbocycles. The van der Waals surface area contributed by atoms with Gasteiger partial charge >= 0.3 is 0 Å². The van der Waals surface area contributed by atoms with Gasteiger partial charge in [-0.05, 0) is 18.7 Å². The third-order valence-electron chi connectivity index (χ3n) is 5.00. The van der Waals surface area contributed by atoms with Crippen LogP contribution in [0.5, 0.6) is 0 Å². The Morgan fingerprint density at radius 1 is 1.12 bits per heavy atom. The molecule has 4 aromatic rings. The standard InChI is InChI=1S/C23H20N6O2S/c1-14(29-22(25)27-28-23(29)32-2)20(30)26-21-17(13-24)18(15-9-5-3-6-10-15)19(31-21)16-11-7-4-8-12-16/h3-12,14H,1-2H3,(H2,25,27)(H,26,30). The zero-order valence-corrected chi connectivity index (χ0v) is 18.3. The number of nitrogens with one attached hydrogen (secondary N) is 1. The molecule has 0 aliphatic heterocycles. The fourth-order valence-electron chi connectivity index (χ4n) is 3.42. The summed E-state index contributed by atoms with van der Waals surface area (Å²) in [5.74, 6) is 0.312. The number of nitrogens with two attached hydrogens (primary N) is 1. The quantitative estimate of drug-likeness (QED) is 0.417. The first-order valence-corrected chi connectivity index (χ1v) is 11.0. The molecule has 0 spiro atoms. The van der Waals surface area contributed by atoms with Crippen LogP contribution in [0.2, 0.25) is 0 Å². The normalized spacial score (nSPS) is 11.7. The van der Waals surface area contributed by atoms with Crippen molar-refractivity contribution in [1.29, 1.82) is 5.26 Å². The Labute approximate surface area is 189 Å². The monoisotopic (exact) mass is 444 g/mol. The summed E-state index contributed by atoms with van der Waals surface area (Å²) in [4.78, 5) is 13.1. The highest BCUT2D eigenvalue weighted by Crippen LogP contribution is 2.41. The maximum absolute atomic E-state index is 13.1. The number of furan rings is 1. The Morgan fingerprint density at radius 2 is 1.75 bits per heavy atom. The number of amides is 1. The largest absolute Gasteiger partial charge is 0.438 e. The third kappa shape index (κ3) is 3.84. The van der Waals surface area contributed by atoms with E-state index in [9.17, 15) is 10.1 Å². The Hall–Kier alpha value is -4.03. The molecule has 1 amide bonds. The van der Waals surface area contributed by atoms with Crippen LogP contribution >= 0.6 is 11.8 Å². The number of anilines is 2. The van der Waals surface area contributed by atoms with Crippen LogP contribution < -0.4 is 11.1 Å². The molecule has 1 atom stereocenters. The molecule has 2 aromatic carbocycles. The van der Waals surface area contributed by atoms with Crippen LogP contribution in [0.4, 0.5) is 11.8 Å². The lowest BCUT2D eigenvalue weighted by molar-refractivity contribution is -0.119. The van der Waals surface area contributed by atoms with Crippen molar-refractivity contribution in [2.24, 2.45) is 0 Å². The second-order valence-electron chi connectivity index (χ2n) is 6.93. The van der Waals surface area contributed by atoms with Gasteiger partial charge in [0.1, 0.15) is 23.4 Å². The van der Waals surface area contributed by atoms with Gasteiger partial charge in [0.15, 0.2) is 5.16 Å². The Morgan fingerprint density at radius 3 is 2.34 bits per heavy atom. The molecular weight excluding hydrogens is 424 g/mol. The molecule has 8 nitrogen and oxygen atoms in total. The Bertz CT molecular complexity index is 1290. The number of nitriles is 1. The van der Waals surface area contributed by atoms with Gasteiger partial charge in [-0.2, -0.15) is 5.26 Å². The lowest BCUT2D eigenvalue weighted by Gasteiger charge is -2.15. The highest BCUT2D eigenvalue weighted by Gasteiger charge is 2.27.